The Kier molecular flexibility index (Phi) is 6.20. The number of thiophene rings is 1. The second-order valence-electron chi connectivity index (χ2n) is 5.87. The Morgan fingerprint density at radius 2 is 2.03 bits per heavy atom. The number of hydrogen-bond donors (Lipinski definition) is 0. The molecule has 8 heteroatoms. The number of rotatable bonds is 5. The van der Waals surface area contributed by atoms with Crippen molar-refractivity contribution < 1.29 is 4.79 Å². The highest BCUT2D eigenvalue weighted by molar-refractivity contribution is 9.10. The fraction of sp³-hybridized carbons (Fsp3) is 0. The maximum Gasteiger partial charge on any atom is 0.273 e. The maximum absolute atomic E-state index is 13.0. The number of benzene rings is 2. The molecular formula is C21H13BrClN3OS2. The van der Waals surface area contributed by atoms with Gasteiger partial charge in [0.25, 0.3) is 5.91 Å². The molecule has 0 aliphatic heterocycles. The van der Waals surface area contributed by atoms with Crippen molar-refractivity contribution in [3.8, 4) is 0 Å². The van der Waals surface area contributed by atoms with Crippen LogP contribution in [0.1, 0.15) is 10.4 Å². The fourth-order valence-corrected chi connectivity index (χ4v) is 4.76. The van der Waals surface area contributed by atoms with E-state index in [4.69, 9.17) is 11.6 Å². The smallest absolute Gasteiger partial charge is 0.267 e. The number of fused-ring (bicyclic) bond motifs is 1. The molecular weight excluding hydrogens is 490 g/mol. The standard InChI is InChI=1S/C21H13BrClN3OS2/c22-15-8-9-18-19(12-15)29-21(25-18)26(24-13-16-5-3-11-28-16)20(27)10-7-14-4-1-2-6-17(14)23/h1-13H/b10-7+,24-13+. The lowest BCUT2D eigenvalue weighted by Crippen LogP contribution is -2.23. The molecule has 0 radical (unpaired) electrons. The molecule has 2 aromatic carbocycles. The van der Waals surface area contributed by atoms with Crippen molar-refractivity contribution in [1.82, 2.24) is 4.98 Å². The van der Waals surface area contributed by atoms with Gasteiger partial charge in [-0.05, 0) is 47.4 Å². The van der Waals surface area contributed by atoms with E-state index in [0.717, 1.165) is 25.1 Å². The topological polar surface area (TPSA) is 45.6 Å². The number of carbonyl (C=O) groups is 1. The van der Waals surface area contributed by atoms with Crippen LogP contribution < -0.4 is 5.01 Å². The summed E-state index contributed by atoms with van der Waals surface area (Å²) in [6.07, 6.45) is 4.80. The number of anilines is 1. The predicted octanol–water partition coefficient (Wildman–Crippen LogP) is 6.85. The predicted molar refractivity (Wildman–Crippen MR) is 127 cm³/mol. The average molecular weight is 503 g/mol. The number of halogens is 2. The molecule has 2 heterocycles. The van der Waals surface area contributed by atoms with Crippen LogP contribution in [0, 0.1) is 0 Å². The van der Waals surface area contributed by atoms with E-state index < -0.39 is 0 Å². The zero-order chi connectivity index (χ0) is 20.2. The number of nitrogens with zero attached hydrogens (tertiary/aromatic N) is 3. The van der Waals surface area contributed by atoms with Gasteiger partial charge in [-0.15, -0.1) is 11.3 Å². The minimum absolute atomic E-state index is 0.309. The van der Waals surface area contributed by atoms with E-state index in [9.17, 15) is 4.79 Å². The number of amides is 1. The van der Waals surface area contributed by atoms with Gasteiger partial charge in [-0.1, -0.05) is 63.1 Å². The molecule has 1 amide bonds. The van der Waals surface area contributed by atoms with Crippen LogP contribution in [0.2, 0.25) is 5.02 Å². The molecule has 0 atom stereocenters. The van der Waals surface area contributed by atoms with Gasteiger partial charge in [-0.2, -0.15) is 10.1 Å². The number of thiazole rings is 1. The Morgan fingerprint density at radius 1 is 1.17 bits per heavy atom. The molecule has 0 fully saturated rings. The van der Waals surface area contributed by atoms with Crippen LogP contribution in [-0.2, 0) is 4.79 Å². The van der Waals surface area contributed by atoms with Crippen LogP contribution in [0.4, 0.5) is 5.13 Å². The number of aromatic nitrogens is 1. The summed E-state index contributed by atoms with van der Waals surface area (Å²) in [7, 11) is 0. The molecule has 4 rings (SSSR count). The van der Waals surface area contributed by atoms with Crippen LogP contribution in [0.25, 0.3) is 16.3 Å². The van der Waals surface area contributed by atoms with Crippen LogP contribution >= 0.6 is 50.2 Å². The molecule has 0 N–H and O–H groups in total. The molecule has 144 valence electrons. The van der Waals surface area contributed by atoms with Gasteiger partial charge in [-0.3, -0.25) is 4.79 Å². The van der Waals surface area contributed by atoms with Crippen molar-refractivity contribution in [1.29, 1.82) is 0 Å². The van der Waals surface area contributed by atoms with E-state index in [1.54, 1.807) is 29.7 Å². The molecule has 0 bridgehead atoms. The molecule has 0 saturated carbocycles. The molecule has 0 aliphatic carbocycles. The molecule has 0 aliphatic rings. The summed E-state index contributed by atoms with van der Waals surface area (Å²) < 4.78 is 1.92. The van der Waals surface area contributed by atoms with Gasteiger partial charge in [0.05, 0.1) is 16.4 Å². The third kappa shape index (κ3) is 4.82. The Balaban J connectivity index is 1.69. The summed E-state index contributed by atoms with van der Waals surface area (Å²) in [5.74, 6) is -0.309. The highest BCUT2D eigenvalue weighted by Crippen LogP contribution is 2.31. The summed E-state index contributed by atoms with van der Waals surface area (Å²) in [5.41, 5.74) is 1.57. The highest BCUT2D eigenvalue weighted by atomic mass is 79.9. The third-order valence-corrected chi connectivity index (χ3v) is 6.52. The summed E-state index contributed by atoms with van der Waals surface area (Å²) in [4.78, 5) is 18.5. The van der Waals surface area contributed by atoms with Crippen LogP contribution in [0.5, 0.6) is 0 Å². The van der Waals surface area contributed by atoms with E-state index in [0.29, 0.717) is 10.2 Å². The summed E-state index contributed by atoms with van der Waals surface area (Å²) in [5, 5.41) is 8.76. The zero-order valence-corrected chi connectivity index (χ0v) is 18.8. The molecule has 29 heavy (non-hydrogen) atoms. The number of hydrazone groups is 1. The monoisotopic (exact) mass is 501 g/mol. The van der Waals surface area contributed by atoms with Gasteiger partial charge in [-0.25, -0.2) is 4.98 Å². The van der Waals surface area contributed by atoms with Crippen molar-refractivity contribution in [3.63, 3.8) is 0 Å². The quantitative estimate of drug-likeness (QED) is 0.170. The normalized spacial score (nSPS) is 11.7. The Labute approximate surface area is 188 Å². The van der Waals surface area contributed by atoms with Gasteiger partial charge < -0.3 is 0 Å². The molecule has 0 spiro atoms. The first-order chi connectivity index (χ1) is 14.1. The maximum atomic E-state index is 13.0. The average Bonchev–Trinajstić information content (AvgIpc) is 3.37. The Morgan fingerprint density at radius 3 is 2.83 bits per heavy atom. The fourth-order valence-electron chi connectivity index (χ4n) is 2.50. The molecule has 0 unspecified atom stereocenters. The van der Waals surface area contributed by atoms with E-state index in [1.165, 1.54) is 22.4 Å². The van der Waals surface area contributed by atoms with Crippen molar-refractivity contribution >= 4 is 83.8 Å². The van der Waals surface area contributed by atoms with E-state index in [2.05, 4.69) is 26.0 Å². The van der Waals surface area contributed by atoms with Crippen LogP contribution in [0.15, 0.2) is 75.6 Å². The first-order valence-corrected chi connectivity index (χ1v) is 11.4. The lowest BCUT2D eigenvalue weighted by atomic mass is 10.2. The second-order valence-corrected chi connectivity index (χ2v) is 9.18. The van der Waals surface area contributed by atoms with Crippen molar-refractivity contribution in [3.05, 3.63) is 86.0 Å². The van der Waals surface area contributed by atoms with Crippen molar-refractivity contribution in [2.45, 2.75) is 0 Å². The van der Waals surface area contributed by atoms with Gasteiger partial charge >= 0.3 is 0 Å². The van der Waals surface area contributed by atoms with E-state index in [-0.39, 0.29) is 5.91 Å². The Hall–Kier alpha value is -2.32. The molecule has 0 saturated heterocycles. The Bertz CT molecular complexity index is 1220. The van der Waals surface area contributed by atoms with Crippen LogP contribution in [0.3, 0.4) is 0 Å². The van der Waals surface area contributed by atoms with Gasteiger partial charge in [0.15, 0.2) is 0 Å². The van der Waals surface area contributed by atoms with Gasteiger partial charge in [0.1, 0.15) is 0 Å². The number of hydrogen-bond acceptors (Lipinski definition) is 5. The SMILES string of the molecule is O=C(/C=C/c1ccccc1Cl)N(/N=C/c1cccs1)c1nc2ccc(Br)cc2s1. The van der Waals surface area contributed by atoms with Crippen molar-refractivity contribution in [2.24, 2.45) is 5.10 Å². The van der Waals surface area contributed by atoms with Crippen LogP contribution in [-0.4, -0.2) is 17.1 Å². The third-order valence-electron chi connectivity index (χ3n) is 3.88. The first kappa shape index (κ1) is 20.0. The molecule has 2 aromatic heterocycles. The minimum Gasteiger partial charge on any atom is -0.267 e. The molecule has 4 aromatic rings. The summed E-state index contributed by atoms with van der Waals surface area (Å²) in [6.45, 7) is 0. The first-order valence-electron chi connectivity index (χ1n) is 8.50. The van der Waals surface area contributed by atoms with Gasteiger partial charge in [0, 0.05) is 20.4 Å². The minimum atomic E-state index is -0.309. The zero-order valence-electron chi connectivity index (χ0n) is 14.8. The molecule has 4 nitrogen and oxygen atoms in total. The lowest BCUT2D eigenvalue weighted by Gasteiger charge is -2.11. The number of carbonyl (C=O) groups excluding carboxylic acids is 1. The summed E-state index contributed by atoms with van der Waals surface area (Å²) >= 11 is 12.6. The summed E-state index contributed by atoms with van der Waals surface area (Å²) in [6, 6.07) is 17.0. The largest absolute Gasteiger partial charge is 0.273 e. The van der Waals surface area contributed by atoms with Crippen molar-refractivity contribution in [2.75, 3.05) is 5.01 Å². The van der Waals surface area contributed by atoms with E-state index >= 15 is 0 Å². The highest BCUT2D eigenvalue weighted by Gasteiger charge is 2.17. The van der Waals surface area contributed by atoms with Gasteiger partial charge in [0.2, 0.25) is 5.13 Å². The lowest BCUT2D eigenvalue weighted by molar-refractivity contribution is -0.114. The van der Waals surface area contributed by atoms with E-state index in [1.807, 2.05) is 53.9 Å². The second kappa shape index (κ2) is 9.00.